The maximum absolute atomic E-state index is 12.1. The lowest BCUT2D eigenvalue weighted by Crippen LogP contribution is -2.47. The van der Waals surface area contributed by atoms with E-state index in [0.29, 0.717) is 11.1 Å². The van der Waals surface area contributed by atoms with E-state index in [0.717, 1.165) is 18.4 Å². The number of hydrogen-bond donors (Lipinski definition) is 1. The smallest absolute Gasteiger partial charge is 0.309 e. The van der Waals surface area contributed by atoms with E-state index < -0.39 is 11.7 Å². The van der Waals surface area contributed by atoms with Gasteiger partial charge in [-0.1, -0.05) is 12.5 Å². The molecule has 4 atom stereocenters. The lowest BCUT2D eigenvalue weighted by atomic mass is 9.77. The topological polar surface area (TPSA) is 63.6 Å². The van der Waals surface area contributed by atoms with Gasteiger partial charge in [0.1, 0.15) is 6.10 Å². The van der Waals surface area contributed by atoms with Gasteiger partial charge in [-0.25, -0.2) is 0 Å². The van der Waals surface area contributed by atoms with Crippen LogP contribution in [0.3, 0.4) is 0 Å². The van der Waals surface area contributed by atoms with E-state index in [2.05, 4.69) is 0 Å². The van der Waals surface area contributed by atoms with Crippen LogP contribution in [-0.4, -0.2) is 28.6 Å². The van der Waals surface area contributed by atoms with Crippen LogP contribution in [0.2, 0.25) is 0 Å². The van der Waals surface area contributed by atoms with Crippen LogP contribution in [0.25, 0.3) is 0 Å². The third-order valence-corrected chi connectivity index (χ3v) is 4.91. The molecule has 0 amide bonds. The fourth-order valence-corrected chi connectivity index (χ4v) is 3.73. The summed E-state index contributed by atoms with van der Waals surface area (Å²) in [4.78, 5) is 23.9. The summed E-state index contributed by atoms with van der Waals surface area (Å²) in [6.45, 7) is 5.46. The second kappa shape index (κ2) is 3.79. The molecule has 3 rings (SSSR count). The van der Waals surface area contributed by atoms with Crippen LogP contribution in [0, 0.1) is 11.8 Å². The first-order valence-electron chi connectivity index (χ1n) is 6.73. The summed E-state index contributed by atoms with van der Waals surface area (Å²) >= 11 is 0. The highest BCUT2D eigenvalue weighted by Gasteiger charge is 2.59. The van der Waals surface area contributed by atoms with Crippen LogP contribution in [-0.2, 0) is 14.3 Å². The zero-order chi connectivity index (χ0) is 13.9. The maximum Gasteiger partial charge on any atom is 0.309 e. The van der Waals surface area contributed by atoms with Crippen molar-refractivity contribution in [1.82, 2.24) is 0 Å². The van der Waals surface area contributed by atoms with Crippen molar-refractivity contribution >= 4 is 11.8 Å². The first kappa shape index (κ1) is 12.6. The molecule has 19 heavy (non-hydrogen) atoms. The summed E-state index contributed by atoms with van der Waals surface area (Å²) in [6, 6.07) is 0. The number of aliphatic hydroxyl groups is 1. The molecule has 0 saturated carbocycles. The first-order valence-corrected chi connectivity index (χ1v) is 6.73. The molecule has 1 aliphatic heterocycles. The Kier molecular flexibility index (Phi) is 2.52. The molecule has 0 unspecified atom stereocenters. The van der Waals surface area contributed by atoms with Gasteiger partial charge in [-0.3, -0.25) is 9.59 Å². The van der Waals surface area contributed by atoms with E-state index in [-0.39, 0.29) is 23.6 Å². The van der Waals surface area contributed by atoms with Crippen molar-refractivity contribution < 1.29 is 19.4 Å². The third kappa shape index (κ3) is 1.43. The zero-order valence-corrected chi connectivity index (χ0v) is 11.4. The average molecular weight is 262 g/mol. The fourth-order valence-electron chi connectivity index (χ4n) is 3.73. The number of fused-ring (bicyclic) bond motifs is 3. The Morgan fingerprint density at radius 2 is 2.05 bits per heavy atom. The van der Waals surface area contributed by atoms with E-state index in [9.17, 15) is 14.7 Å². The molecular weight excluding hydrogens is 244 g/mol. The zero-order valence-electron chi connectivity index (χ0n) is 11.4. The largest absolute Gasteiger partial charge is 0.458 e. The van der Waals surface area contributed by atoms with E-state index in [4.69, 9.17) is 4.74 Å². The molecule has 1 fully saturated rings. The second-order valence-corrected chi connectivity index (χ2v) is 5.96. The predicted molar refractivity (Wildman–Crippen MR) is 68.2 cm³/mol. The van der Waals surface area contributed by atoms with Crippen LogP contribution in [0.15, 0.2) is 22.8 Å². The Bertz CT molecular complexity index is 542. The quantitative estimate of drug-likeness (QED) is 0.672. The third-order valence-electron chi connectivity index (χ3n) is 4.91. The Balaban J connectivity index is 2.17. The molecule has 3 aliphatic rings. The molecule has 0 aromatic heterocycles. The molecule has 1 saturated heterocycles. The Morgan fingerprint density at radius 3 is 2.74 bits per heavy atom. The summed E-state index contributed by atoms with van der Waals surface area (Å²) in [7, 11) is 0. The SMILES string of the molecule is CC1=CC(=O)C2=C(C)CC[C@H]3[C@@H](C)C(=O)O[C@@H]3[C@@]12O. The predicted octanol–water partition coefficient (Wildman–Crippen LogP) is 1.53. The van der Waals surface area contributed by atoms with Gasteiger partial charge in [-0.15, -0.1) is 0 Å². The highest BCUT2D eigenvalue weighted by Crippen LogP contribution is 2.50. The van der Waals surface area contributed by atoms with E-state index >= 15 is 0 Å². The molecule has 0 aromatic rings. The van der Waals surface area contributed by atoms with E-state index in [1.807, 2.05) is 13.8 Å². The van der Waals surface area contributed by atoms with Crippen molar-refractivity contribution in [2.24, 2.45) is 11.8 Å². The van der Waals surface area contributed by atoms with Crippen molar-refractivity contribution in [3.05, 3.63) is 22.8 Å². The van der Waals surface area contributed by atoms with Gasteiger partial charge in [-0.05, 0) is 38.3 Å². The molecule has 4 nitrogen and oxygen atoms in total. The van der Waals surface area contributed by atoms with Gasteiger partial charge >= 0.3 is 5.97 Å². The highest BCUT2D eigenvalue weighted by atomic mass is 16.6. The van der Waals surface area contributed by atoms with Crippen molar-refractivity contribution in [1.29, 1.82) is 0 Å². The number of esters is 1. The molecule has 102 valence electrons. The van der Waals surface area contributed by atoms with Gasteiger partial charge in [0.2, 0.25) is 0 Å². The van der Waals surface area contributed by atoms with Crippen LogP contribution in [0.1, 0.15) is 33.6 Å². The van der Waals surface area contributed by atoms with Crippen LogP contribution in [0.4, 0.5) is 0 Å². The van der Waals surface area contributed by atoms with E-state index in [1.165, 1.54) is 6.08 Å². The molecule has 1 heterocycles. The van der Waals surface area contributed by atoms with Crippen LogP contribution < -0.4 is 0 Å². The highest BCUT2D eigenvalue weighted by molar-refractivity contribution is 6.11. The number of hydrogen-bond acceptors (Lipinski definition) is 4. The van der Waals surface area contributed by atoms with Gasteiger partial charge < -0.3 is 9.84 Å². The van der Waals surface area contributed by atoms with Crippen LogP contribution in [0.5, 0.6) is 0 Å². The summed E-state index contributed by atoms with van der Waals surface area (Å²) in [5.74, 6) is -0.660. The lowest BCUT2D eigenvalue weighted by molar-refractivity contribution is -0.150. The first-order chi connectivity index (χ1) is 8.87. The second-order valence-electron chi connectivity index (χ2n) is 5.96. The number of carbonyl (C=O) groups excluding carboxylic acids is 2. The van der Waals surface area contributed by atoms with Crippen molar-refractivity contribution in [3.8, 4) is 0 Å². The molecule has 0 radical (unpaired) electrons. The van der Waals surface area contributed by atoms with Crippen molar-refractivity contribution in [2.45, 2.75) is 45.3 Å². The maximum atomic E-state index is 12.1. The van der Waals surface area contributed by atoms with Gasteiger partial charge in [0.15, 0.2) is 11.4 Å². The number of allylic oxidation sites excluding steroid dienone is 2. The molecule has 1 N–H and O–H groups in total. The summed E-state index contributed by atoms with van der Waals surface area (Å²) < 4.78 is 5.43. The minimum absolute atomic E-state index is 0.0285. The molecule has 4 heteroatoms. The number of ether oxygens (including phenoxy) is 1. The monoisotopic (exact) mass is 262 g/mol. The molecule has 2 aliphatic carbocycles. The molecule has 0 aromatic carbocycles. The lowest BCUT2D eigenvalue weighted by Gasteiger charge is -2.33. The van der Waals surface area contributed by atoms with Gasteiger partial charge in [-0.2, -0.15) is 0 Å². The Hall–Kier alpha value is -1.42. The van der Waals surface area contributed by atoms with E-state index in [1.54, 1.807) is 6.92 Å². The average Bonchev–Trinajstić information content (AvgIpc) is 2.70. The number of ketones is 1. The van der Waals surface area contributed by atoms with Gasteiger partial charge in [0.05, 0.1) is 5.92 Å². The summed E-state index contributed by atoms with van der Waals surface area (Å²) in [5.41, 5.74) is 0.520. The minimum atomic E-state index is -1.41. The minimum Gasteiger partial charge on any atom is -0.458 e. The summed E-state index contributed by atoms with van der Waals surface area (Å²) in [5, 5.41) is 11.1. The molecule has 0 spiro atoms. The van der Waals surface area contributed by atoms with Crippen molar-refractivity contribution in [2.75, 3.05) is 0 Å². The molecule has 0 bridgehead atoms. The van der Waals surface area contributed by atoms with Gasteiger partial charge in [0, 0.05) is 11.5 Å². The van der Waals surface area contributed by atoms with Gasteiger partial charge in [0.25, 0.3) is 0 Å². The molecular formula is C15H18O4. The number of rotatable bonds is 0. The summed E-state index contributed by atoms with van der Waals surface area (Å²) in [6.07, 6.45) is 2.35. The normalized spacial score (nSPS) is 41.7. The number of carbonyl (C=O) groups is 2. The van der Waals surface area contributed by atoms with Crippen LogP contribution >= 0.6 is 0 Å². The Morgan fingerprint density at radius 1 is 1.37 bits per heavy atom. The fraction of sp³-hybridized carbons (Fsp3) is 0.600. The Labute approximate surface area is 112 Å². The standard InChI is InChI=1S/C15H18O4/c1-7-4-5-10-9(3)14(17)19-13(10)15(18)8(2)6-11(16)12(7)15/h6,9-10,13,18H,4-5H2,1-3H3/t9-,10+,13+,15-/m1/s1. The van der Waals surface area contributed by atoms with Crippen molar-refractivity contribution in [3.63, 3.8) is 0 Å².